The van der Waals surface area contributed by atoms with E-state index in [0.29, 0.717) is 0 Å². The van der Waals surface area contributed by atoms with E-state index in [1.807, 2.05) is 55.4 Å². The van der Waals surface area contributed by atoms with Crippen molar-refractivity contribution in [1.82, 2.24) is 0 Å². The van der Waals surface area contributed by atoms with E-state index in [9.17, 15) is 19.5 Å². The molecule has 0 aliphatic rings. The second kappa shape index (κ2) is 8.55. The normalized spacial score (nSPS) is 15.6. The molecule has 0 spiro atoms. The number of ketones is 3. The summed E-state index contributed by atoms with van der Waals surface area (Å²) >= 11 is 0. The van der Waals surface area contributed by atoms with Crippen LogP contribution in [-0.4, -0.2) is 28.1 Å². The quantitative estimate of drug-likeness (QED) is 0.674. The summed E-state index contributed by atoms with van der Waals surface area (Å²) < 4.78 is 0. The first-order valence-electron chi connectivity index (χ1n) is 9.78. The van der Waals surface area contributed by atoms with Crippen LogP contribution >= 0.6 is 0 Å². The summed E-state index contributed by atoms with van der Waals surface area (Å²) in [6.45, 7) is 25.7. The molecule has 4 nitrogen and oxygen atoms in total. The molecule has 0 fully saturated rings. The number of Topliss-reactive ketones (excluding diaryl/α,β-unsaturated/α-hetero) is 3. The molecular formula is C23H44O4. The summed E-state index contributed by atoms with van der Waals surface area (Å²) in [7, 11) is 0. The van der Waals surface area contributed by atoms with Gasteiger partial charge in [-0.15, -0.1) is 0 Å². The maximum atomic E-state index is 12.3. The second-order valence-corrected chi connectivity index (χ2v) is 11.9. The minimum atomic E-state index is -1.26. The zero-order chi connectivity index (χ0) is 22.8. The number of hydrogen-bond acceptors (Lipinski definition) is 4. The molecule has 0 radical (unpaired) electrons. The second-order valence-electron chi connectivity index (χ2n) is 11.9. The van der Waals surface area contributed by atoms with Gasteiger partial charge in [-0.25, -0.2) is 0 Å². The van der Waals surface area contributed by atoms with Gasteiger partial charge in [-0.3, -0.25) is 14.4 Å². The van der Waals surface area contributed by atoms with Gasteiger partial charge >= 0.3 is 0 Å². The maximum Gasteiger partial charge on any atom is 0.204 e. The van der Waals surface area contributed by atoms with Crippen LogP contribution in [0, 0.1) is 27.6 Å². The Balaban J connectivity index is 0. The topological polar surface area (TPSA) is 71.4 Å². The molecule has 0 aromatic heterocycles. The molecule has 1 atom stereocenters. The number of hydrogen-bond donors (Lipinski definition) is 1. The molecule has 0 heterocycles. The highest BCUT2D eigenvalue weighted by Crippen LogP contribution is 2.41. The summed E-state index contributed by atoms with van der Waals surface area (Å²) in [5, 5.41) is 10.7. The van der Waals surface area contributed by atoms with Crippen LogP contribution in [0.15, 0.2) is 0 Å². The van der Waals surface area contributed by atoms with Crippen LogP contribution in [0.25, 0.3) is 0 Å². The molecule has 0 saturated heterocycles. The minimum absolute atomic E-state index is 0.0718. The van der Waals surface area contributed by atoms with Gasteiger partial charge < -0.3 is 5.11 Å². The fraction of sp³-hybridized carbons (Fsp3) is 0.870. The third-order valence-electron chi connectivity index (χ3n) is 4.57. The molecule has 0 aromatic rings. The highest BCUT2D eigenvalue weighted by molar-refractivity contribution is 6.40. The number of carbonyl (C=O) groups excluding carboxylic acids is 3. The van der Waals surface area contributed by atoms with Gasteiger partial charge in [0.1, 0.15) is 5.60 Å². The van der Waals surface area contributed by atoms with Crippen LogP contribution < -0.4 is 0 Å². The predicted molar refractivity (Wildman–Crippen MR) is 113 cm³/mol. The first-order chi connectivity index (χ1) is 11.4. The van der Waals surface area contributed by atoms with Crippen LogP contribution in [-0.2, 0) is 14.4 Å². The lowest BCUT2D eigenvalue weighted by molar-refractivity contribution is -0.166. The molecule has 0 amide bonds. The van der Waals surface area contributed by atoms with Gasteiger partial charge in [0.15, 0.2) is 5.78 Å². The van der Waals surface area contributed by atoms with E-state index in [2.05, 4.69) is 0 Å². The average Bonchev–Trinajstić information content (AvgIpc) is 2.40. The predicted octanol–water partition coefficient (Wildman–Crippen LogP) is 5.25. The molecule has 1 N–H and O–H groups in total. The van der Waals surface area contributed by atoms with Crippen LogP contribution in [0.1, 0.15) is 96.9 Å². The Kier molecular flexibility index (Phi) is 8.92. The van der Waals surface area contributed by atoms with Crippen molar-refractivity contribution >= 4 is 17.3 Å². The summed E-state index contributed by atoms with van der Waals surface area (Å²) in [5.74, 6) is -0.716. The molecule has 0 bridgehead atoms. The van der Waals surface area contributed by atoms with Crippen molar-refractivity contribution in [3.8, 4) is 0 Å². The minimum Gasteiger partial charge on any atom is -0.381 e. The van der Waals surface area contributed by atoms with Crippen molar-refractivity contribution < 1.29 is 19.5 Å². The lowest BCUT2D eigenvalue weighted by Gasteiger charge is -2.45. The van der Waals surface area contributed by atoms with E-state index in [1.54, 1.807) is 41.5 Å². The van der Waals surface area contributed by atoms with Gasteiger partial charge in [0.05, 0.1) is 0 Å². The van der Waals surface area contributed by atoms with E-state index in [4.69, 9.17) is 0 Å². The monoisotopic (exact) mass is 384 g/mol. The first kappa shape index (κ1) is 28.2. The highest BCUT2D eigenvalue weighted by Gasteiger charge is 2.52. The highest BCUT2D eigenvalue weighted by atomic mass is 16.3. The summed E-state index contributed by atoms with van der Waals surface area (Å²) in [5.41, 5.74) is -3.31. The van der Waals surface area contributed by atoms with Crippen molar-refractivity contribution in [1.29, 1.82) is 0 Å². The Morgan fingerprint density at radius 1 is 0.593 bits per heavy atom. The summed E-state index contributed by atoms with van der Waals surface area (Å²) in [6.07, 6.45) is 0. The largest absolute Gasteiger partial charge is 0.381 e. The third-order valence-corrected chi connectivity index (χ3v) is 4.57. The smallest absolute Gasteiger partial charge is 0.204 e. The fourth-order valence-corrected chi connectivity index (χ4v) is 2.72. The molecular weight excluding hydrogens is 340 g/mol. The SMILES string of the molecule is CC(C)(C)C(=O)C(=O)C(C)(C)C.CC(C)C(O)(C(=O)C(C)(C)C)C(C)(C)C. The van der Waals surface area contributed by atoms with Gasteiger partial charge in [-0.1, -0.05) is 96.9 Å². The summed E-state index contributed by atoms with van der Waals surface area (Å²) in [4.78, 5) is 35.2. The molecule has 0 saturated carbocycles. The number of rotatable bonds is 3. The van der Waals surface area contributed by atoms with Crippen LogP contribution in [0.5, 0.6) is 0 Å². The average molecular weight is 385 g/mol. The van der Waals surface area contributed by atoms with Crippen molar-refractivity contribution in [3.63, 3.8) is 0 Å². The van der Waals surface area contributed by atoms with Crippen LogP contribution in [0.2, 0.25) is 0 Å². The first-order valence-corrected chi connectivity index (χ1v) is 9.78. The Morgan fingerprint density at radius 3 is 0.926 bits per heavy atom. The van der Waals surface area contributed by atoms with Gasteiger partial charge in [0.2, 0.25) is 11.6 Å². The molecule has 160 valence electrons. The zero-order valence-electron chi connectivity index (χ0n) is 20.2. The van der Waals surface area contributed by atoms with E-state index in [1.165, 1.54) is 0 Å². The Hall–Kier alpha value is -1.03. The maximum absolute atomic E-state index is 12.3. The summed E-state index contributed by atoms with van der Waals surface area (Å²) in [6, 6.07) is 0. The lowest BCUT2D eigenvalue weighted by atomic mass is 9.62. The Morgan fingerprint density at radius 2 is 0.852 bits per heavy atom. The molecule has 0 aliphatic heterocycles. The van der Waals surface area contributed by atoms with E-state index in [-0.39, 0.29) is 23.3 Å². The Bertz CT molecular complexity index is 519. The Labute approximate surface area is 167 Å². The lowest BCUT2D eigenvalue weighted by Crippen LogP contribution is -2.57. The molecule has 27 heavy (non-hydrogen) atoms. The molecule has 0 rings (SSSR count). The molecule has 0 aromatic carbocycles. The van der Waals surface area contributed by atoms with Crippen molar-refractivity contribution in [2.24, 2.45) is 27.6 Å². The van der Waals surface area contributed by atoms with Crippen molar-refractivity contribution in [2.45, 2.75) is 103 Å². The van der Waals surface area contributed by atoms with E-state index < -0.39 is 27.3 Å². The van der Waals surface area contributed by atoms with Gasteiger partial charge in [0.25, 0.3) is 0 Å². The molecule has 4 heteroatoms. The number of carbonyl (C=O) groups is 3. The van der Waals surface area contributed by atoms with Crippen LogP contribution in [0.4, 0.5) is 0 Å². The van der Waals surface area contributed by atoms with Gasteiger partial charge in [0, 0.05) is 16.2 Å². The molecule has 0 aliphatic carbocycles. The van der Waals surface area contributed by atoms with Crippen LogP contribution in [0.3, 0.4) is 0 Å². The van der Waals surface area contributed by atoms with Crippen molar-refractivity contribution in [3.05, 3.63) is 0 Å². The number of aliphatic hydroxyl groups is 1. The third kappa shape index (κ3) is 7.48. The van der Waals surface area contributed by atoms with Gasteiger partial charge in [-0.2, -0.15) is 0 Å². The molecule has 1 unspecified atom stereocenters. The standard InChI is InChI=1S/C13H26O2.C10H18O2/c1-9(2)13(15,12(6,7)8)10(14)11(3,4)5;1-9(2,3)7(11)8(12)10(4,5)6/h9,15H,1-8H3;1-6H3. The van der Waals surface area contributed by atoms with E-state index in [0.717, 1.165) is 0 Å². The fourth-order valence-electron chi connectivity index (χ4n) is 2.72. The zero-order valence-corrected chi connectivity index (χ0v) is 20.2. The van der Waals surface area contributed by atoms with E-state index >= 15 is 0 Å². The van der Waals surface area contributed by atoms with Gasteiger partial charge in [-0.05, 0) is 11.3 Å². The van der Waals surface area contributed by atoms with Crippen molar-refractivity contribution in [2.75, 3.05) is 0 Å².